The number of carbonyl (C=O) groups excluding carboxylic acids is 1. The Bertz CT molecular complexity index is 719. The van der Waals surface area contributed by atoms with Crippen molar-refractivity contribution in [2.24, 2.45) is 0 Å². The average Bonchev–Trinajstić information content (AvgIpc) is 3.49. The SMILES string of the molecule is O=C(NC1CCN(Cc2ccccc2)CC1)c1ccc(NC2CC2)nc1. The number of hydrogen-bond acceptors (Lipinski definition) is 4. The average molecular weight is 350 g/mol. The van der Waals surface area contributed by atoms with Crippen molar-refractivity contribution < 1.29 is 4.79 Å². The predicted octanol–water partition coefficient (Wildman–Crippen LogP) is 3.05. The number of piperidine rings is 1. The maximum absolute atomic E-state index is 12.4. The van der Waals surface area contributed by atoms with Crippen molar-refractivity contribution in [3.05, 3.63) is 59.8 Å². The molecule has 1 aromatic carbocycles. The van der Waals surface area contributed by atoms with Gasteiger partial charge in [-0.05, 0) is 43.4 Å². The topological polar surface area (TPSA) is 57.3 Å². The second kappa shape index (κ2) is 7.87. The van der Waals surface area contributed by atoms with Crippen LogP contribution in [0.25, 0.3) is 0 Å². The van der Waals surface area contributed by atoms with Gasteiger partial charge in [-0.15, -0.1) is 0 Å². The molecule has 136 valence electrons. The zero-order chi connectivity index (χ0) is 17.8. The van der Waals surface area contributed by atoms with Gasteiger partial charge in [0.1, 0.15) is 5.82 Å². The number of rotatable bonds is 6. The molecule has 1 saturated carbocycles. The fourth-order valence-corrected chi connectivity index (χ4v) is 3.40. The Morgan fingerprint density at radius 3 is 2.42 bits per heavy atom. The number of carbonyl (C=O) groups is 1. The molecule has 5 heteroatoms. The minimum atomic E-state index is -0.0167. The Balaban J connectivity index is 1.23. The minimum Gasteiger partial charge on any atom is -0.367 e. The Hall–Kier alpha value is -2.40. The van der Waals surface area contributed by atoms with Gasteiger partial charge in [-0.1, -0.05) is 30.3 Å². The molecule has 2 aliphatic rings. The van der Waals surface area contributed by atoms with Gasteiger partial charge in [-0.3, -0.25) is 9.69 Å². The maximum Gasteiger partial charge on any atom is 0.253 e. The van der Waals surface area contributed by atoms with Crippen molar-refractivity contribution in [1.82, 2.24) is 15.2 Å². The zero-order valence-electron chi connectivity index (χ0n) is 15.0. The summed E-state index contributed by atoms with van der Waals surface area (Å²) in [4.78, 5) is 19.3. The molecular weight excluding hydrogens is 324 g/mol. The van der Waals surface area contributed by atoms with E-state index in [1.54, 1.807) is 6.20 Å². The number of pyridine rings is 1. The lowest BCUT2D eigenvalue weighted by Gasteiger charge is -2.32. The van der Waals surface area contributed by atoms with E-state index in [1.165, 1.54) is 18.4 Å². The summed E-state index contributed by atoms with van der Waals surface area (Å²) in [6.07, 6.45) is 6.09. The van der Waals surface area contributed by atoms with E-state index in [1.807, 2.05) is 12.1 Å². The van der Waals surface area contributed by atoms with Gasteiger partial charge in [0, 0.05) is 37.9 Å². The van der Waals surface area contributed by atoms with Crippen molar-refractivity contribution in [2.75, 3.05) is 18.4 Å². The van der Waals surface area contributed by atoms with Gasteiger partial charge < -0.3 is 10.6 Å². The number of benzene rings is 1. The standard InChI is InChI=1S/C21H26N4O/c26-21(17-6-9-20(22-14-17)23-18-7-8-18)24-19-10-12-25(13-11-19)15-16-4-2-1-3-5-16/h1-6,9,14,18-19H,7-8,10-13,15H2,(H,22,23)(H,24,26). The fourth-order valence-electron chi connectivity index (χ4n) is 3.40. The van der Waals surface area contributed by atoms with Gasteiger partial charge in [-0.2, -0.15) is 0 Å². The molecule has 2 fully saturated rings. The molecule has 0 atom stereocenters. The molecule has 26 heavy (non-hydrogen) atoms. The summed E-state index contributed by atoms with van der Waals surface area (Å²) in [5.41, 5.74) is 1.99. The summed E-state index contributed by atoms with van der Waals surface area (Å²) >= 11 is 0. The first-order valence-corrected chi connectivity index (χ1v) is 9.56. The first kappa shape index (κ1) is 17.0. The number of nitrogens with zero attached hydrogens (tertiary/aromatic N) is 2. The van der Waals surface area contributed by atoms with E-state index in [0.717, 1.165) is 38.3 Å². The van der Waals surface area contributed by atoms with Crippen molar-refractivity contribution in [3.8, 4) is 0 Å². The second-order valence-corrected chi connectivity index (χ2v) is 7.36. The largest absolute Gasteiger partial charge is 0.367 e. The molecule has 1 amide bonds. The normalized spacial score (nSPS) is 18.5. The Labute approximate surface area is 154 Å². The van der Waals surface area contributed by atoms with Crippen molar-refractivity contribution in [3.63, 3.8) is 0 Å². The van der Waals surface area contributed by atoms with E-state index in [9.17, 15) is 4.79 Å². The second-order valence-electron chi connectivity index (χ2n) is 7.36. The summed E-state index contributed by atoms with van der Waals surface area (Å²) in [5.74, 6) is 0.843. The molecule has 2 heterocycles. The number of amides is 1. The van der Waals surface area contributed by atoms with E-state index >= 15 is 0 Å². The molecule has 0 bridgehead atoms. The van der Waals surface area contributed by atoms with E-state index in [0.29, 0.717) is 11.6 Å². The third-order valence-corrected chi connectivity index (χ3v) is 5.13. The van der Waals surface area contributed by atoms with Crippen LogP contribution in [0.4, 0.5) is 5.82 Å². The van der Waals surface area contributed by atoms with Crippen LogP contribution in [0.15, 0.2) is 48.7 Å². The molecule has 0 unspecified atom stereocenters. The first-order valence-electron chi connectivity index (χ1n) is 9.56. The molecule has 0 radical (unpaired) electrons. The minimum absolute atomic E-state index is 0.0167. The van der Waals surface area contributed by atoms with Crippen LogP contribution < -0.4 is 10.6 Å². The number of nitrogens with one attached hydrogen (secondary N) is 2. The first-order chi connectivity index (χ1) is 12.8. The number of likely N-dealkylation sites (tertiary alicyclic amines) is 1. The van der Waals surface area contributed by atoms with Gasteiger partial charge in [0.15, 0.2) is 0 Å². The summed E-state index contributed by atoms with van der Waals surface area (Å²) in [7, 11) is 0. The Morgan fingerprint density at radius 2 is 1.77 bits per heavy atom. The highest BCUT2D eigenvalue weighted by molar-refractivity contribution is 5.94. The van der Waals surface area contributed by atoms with Crippen LogP contribution in [0, 0.1) is 0 Å². The number of aromatic nitrogens is 1. The van der Waals surface area contributed by atoms with Crippen LogP contribution in [-0.2, 0) is 6.54 Å². The molecule has 5 nitrogen and oxygen atoms in total. The summed E-state index contributed by atoms with van der Waals surface area (Å²) in [5, 5.41) is 6.51. The molecule has 1 aromatic heterocycles. The van der Waals surface area contributed by atoms with Crippen LogP contribution in [-0.4, -0.2) is 41.0 Å². The van der Waals surface area contributed by atoms with Gasteiger partial charge in [0.25, 0.3) is 5.91 Å². The number of hydrogen-bond donors (Lipinski definition) is 2. The van der Waals surface area contributed by atoms with Gasteiger partial charge in [0.2, 0.25) is 0 Å². The van der Waals surface area contributed by atoms with Crippen molar-refractivity contribution in [1.29, 1.82) is 0 Å². The van der Waals surface area contributed by atoms with E-state index < -0.39 is 0 Å². The maximum atomic E-state index is 12.4. The van der Waals surface area contributed by atoms with E-state index in [-0.39, 0.29) is 11.9 Å². The molecule has 0 spiro atoms. The van der Waals surface area contributed by atoms with Crippen LogP contribution in [0.3, 0.4) is 0 Å². The van der Waals surface area contributed by atoms with Gasteiger partial charge in [0.05, 0.1) is 5.56 Å². The number of anilines is 1. The molecular formula is C21H26N4O. The van der Waals surface area contributed by atoms with E-state index in [4.69, 9.17) is 0 Å². The lowest BCUT2D eigenvalue weighted by atomic mass is 10.0. The summed E-state index contributed by atoms with van der Waals surface area (Å²) < 4.78 is 0. The smallest absolute Gasteiger partial charge is 0.253 e. The highest BCUT2D eigenvalue weighted by Crippen LogP contribution is 2.23. The quantitative estimate of drug-likeness (QED) is 0.841. The lowest BCUT2D eigenvalue weighted by molar-refractivity contribution is 0.0908. The lowest BCUT2D eigenvalue weighted by Crippen LogP contribution is -2.44. The molecule has 2 N–H and O–H groups in total. The van der Waals surface area contributed by atoms with Crippen LogP contribution >= 0.6 is 0 Å². The van der Waals surface area contributed by atoms with Crippen LogP contribution in [0.1, 0.15) is 41.6 Å². The molecule has 2 aromatic rings. The van der Waals surface area contributed by atoms with Gasteiger partial charge >= 0.3 is 0 Å². The summed E-state index contributed by atoms with van der Waals surface area (Å²) in [6, 6.07) is 15.1. The Kier molecular flexibility index (Phi) is 5.16. The van der Waals surface area contributed by atoms with Crippen molar-refractivity contribution in [2.45, 2.75) is 44.3 Å². The van der Waals surface area contributed by atoms with E-state index in [2.05, 4.69) is 50.8 Å². The third-order valence-electron chi connectivity index (χ3n) is 5.13. The monoisotopic (exact) mass is 350 g/mol. The highest BCUT2D eigenvalue weighted by atomic mass is 16.1. The van der Waals surface area contributed by atoms with Gasteiger partial charge in [-0.25, -0.2) is 4.98 Å². The molecule has 1 saturated heterocycles. The molecule has 1 aliphatic carbocycles. The van der Waals surface area contributed by atoms with Crippen LogP contribution in [0.2, 0.25) is 0 Å². The fraction of sp³-hybridized carbons (Fsp3) is 0.429. The highest BCUT2D eigenvalue weighted by Gasteiger charge is 2.22. The van der Waals surface area contributed by atoms with Crippen molar-refractivity contribution >= 4 is 11.7 Å². The van der Waals surface area contributed by atoms with Crippen LogP contribution in [0.5, 0.6) is 0 Å². The molecule has 1 aliphatic heterocycles. The third kappa shape index (κ3) is 4.61. The molecule has 4 rings (SSSR count). The zero-order valence-corrected chi connectivity index (χ0v) is 15.0. The predicted molar refractivity (Wildman–Crippen MR) is 103 cm³/mol. The Morgan fingerprint density at radius 1 is 1.00 bits per heavy atom. The summed E-state index contributed by atoms with van der Waals surface area (Å²) in [6.45, 7) is 3.02.